The zero-order chi connectivity index (χ0) is 39.3. The van der Waals surface area contributed by atoms with E-state index in [1.807, 2.05) is 0 Å². The van der Waals surface area contributed by atoms with Gasteiger partial charge in [-0.15, -0.1) is 0 Å². The number of benzene rings is 8. The van der Waals surface area contributed by atoms with Crippen LogP contribution in [0.5, 0.6) is 23.0 Å². The molecule has 1 unspecified atom stereocenters. The van der Waals surface area contributed by atoms with Crippen LogP contribution in [0.4, 0.5) is 11.4 Å². The van der Waals surface area contributed by atoms with Gasteiger partial charge in [0.05, 0.1) is 38.9 Å². The van der Waals surface area contributed by atoms with Gasteiger partial charge in [-0.3, -0.25) is 0 Å². The van der Waals surface area contributed by atoms with Crippen LogP contribution in [-0.2, 0) is 0 Å². The Labute approximate surface area is 347 Å². The fraction of sp³-hybridized carbons (Fsp3) is 0.0370. The molecule has 0 amide bonds. The Morgan fingerprint density at radius 3 is 1.70 bits per heavy atom. The van der Waals surface area contributed by atoms with Crippen molar-refractivity contribution in [3.05, 3.63) is 200 Å². The van der Waals surface area contributed by atoms with Gasteiger partial charge in [-0.05, 0) is 102 Å². The Bertz CT molecular complexity index is 3420. The second kappa shape index (κ2) is 12.9. The molecule has 8 aromatic carbocycles. The fourth-order valence-electron chi connectivity index (χ4n) is 10.2. The molecule has 0 fully saturated rings. The lowest BCUT2D eigenvalue weighted by molar-refractivity contribution is 0.470. The van der Waals surface area contributed by atoms with Crippen LogP contribution in [0.3, 0.4) is 0 Å². The third kappa shape index (κ3) is 4.76. The molecule has 10 aromatic rings. The molecule has 6 heteroatoms. The maximum Gasteiger partial charge on any atom is 0.260 e. The normalized spacial score (nSPS) is 14.9. The summed E-state index contributed by atoms with van der Waals surface area (Å²) in [4.78, 5) is 2.46. The summed E-state index contributed by atoms with van der Waals surface area (Å²) >= 11 is 0. The van der Waals surface area contributed by atoms with Crippen LogP contribution in [0.1, 0.15) is 6.42 Å². The lowest BCUT2D eigenvalue weighted by Crippen LogP contribution is -2.57. The SMILES string of the molecule is C1=CCC(N(c2ccccc2)c2ccc3c4c5c(ccc4n(-c4ccccc4)c3c2)B2c3ccc4c(c3Oc3cccc(c32)O5)c2ccccc2n4-c2ccccc2)C=C1. The molecule has 2 aromatic heterocycles. The molecule has 0 N–H and O–H groups in total. The number of hydrogen-bond acceptors (Lipinski definition) is 3. The number of hydrogen-bond donors (Lipinski definition) is 0. The minimum absolute atomic E-state index is 0.0922. The molecule has 0 bridgehead atoms. The minimum atomic E-state index is -0.0922. The van der Waals surface area contributed by atoms with Gasteiger partial charge >= 0.3 is 0 Å². The van der Waals surface area contributed by atoms with Gasteiger partial charge in [0, 0.05) is 39.0 Å². The molecule has 3 aliphatic rings. The van der Waals surface area contributed by atoms with Crippen LogP contribution in [0.25, 0.3) is 55.0 Å². The summed E-state index contributed by atoms with van der Waals surface area (Å²) < 4.78 is 18.9. The summed E-state index contributed by atoms with van der Waals surface area (Å²) in [5, 5.41) is 4.54. The number of aromatic nitrogens is 2. The highest BCUT2D eigenvalue weighted by Crippen LogP contribution is 2.46. The Hall–Kier alpha value is -7.70. The van der Waals surface area contributed by atoms with E-state index in [0.717, 1.165) is 107 Å². The Morgan fingerprint density at radius 2 is 1.07 bits per heavy atom. The third-order valence-corrected chi connectivity index (χ3v) is 12.7. The van der Waals surface area contributed by atoms with E-state index in [0.29, 0.717) is 0 Å². The first-order valence-corrected chi connectivity index (χ1v) is 20.7. The molecule has 13 rings (SSSR count). The highest BCUT2D eigenvalue weighted by Gasteiger charge is 2.42. The molecule has 1 aliphatic carbocycles. The highest BCUT2D eigenvalue weighted by atomic mass is 16.5. The second-order valence-electron chi connectivity index (χ2n) is 15.9. The quantitative estimate of drug-likeness (QED) is 0.163. The largest absolute Gasteiger partial charge is 0.458 e. The first-order valence-electron chi connectivity index (χ1n) is 20.7. The Balaban J connectivity index is 1.07. The van der Waals surface area contributed by atoms with E-state index in [1.165, 1.54) is 5.39 Å². The van der Waals surface area contributed by atoms with Gasteiger partial charge in [0.25, 0.3) is 6.71 Å². The van der Waals surface area contributed by atoms with Crippen molar-refractivity contribution < 1.29 is 9.47 Å². The van der Waals surface area contributed by atoms with Crippen molar-refractivity contribution in [1.29, 1.82) is 0 Å². The van der Waals surface area contributed by atoms with Crippen LogP contribution in [0, 0.1) is 0 Å². The number of rotatable bonds is 5. The van der Waals surface area contributed by atoms with Crippen LogP contribution < -0.4 is 30.8 Å². The first kappa shape index (κ1) is 33.3. The topological polar surface area (TPSA) is 31.6 Å². The zero-order valence-corrected chi connectivity index (χ0v) is 32.6. The molecule has 0 saturated carbocycles. The number of fused-ring (bicyclic) bond motifs is 12. The van der Waals surface area contributed by atoms with Crippen molar-refractivity contribution in [3.8, 4) is 34.4 Å². The van der Waals surface area contributed by atoms with Crippen molar-refractivity contribution in [2.75, 3.05) is 4.90 Å². The van der Waals surface area contributed by atoms with Crippen molar-refractivity contribution in [2.24, 2.45) is 0 Å². The standard InChI is InChI=1S/C54H36BN3O2/c1-5-16-35(17-6-1)56(36-18-7-2-8-19-36)39-28-29-41-47(34-39)58(38-22-11-4-12-23-38)46-33-31-43-54(51(41)46)60-49-27-15-26-48-52(49)55(43)42-30-32-45-50(53(42)59-48)40-24-13-14-25-44(40)57(45)37-20-9-3-10-21-37/h1-18,20-34,36H,19H2. The number of para-hydroxylation sites is 4. The number of allylic oxidation sites excluding steroid dienone is 2. The summed E-state index contributed by atoms with van der Waals surface area (Å²) in [6, 6.07) is 63.3. The average molecular weight is 770 g/mol. The van der Waals surface area contributed by atoms with Crippen molar-refractivity contribution in [1.82, 2.24) is 9.13 Å². The van der Waals surface area contributed by atoms with Gasteiger partial charge < -0.3 is 23.5 Å². The molecule has 0 spiro atoms. The molecule has 0 saturated heterocycles. The smallest absolute Gasteiger partial charge is 0.260 e. The van der Waals surface area contributed by atoms with Gasteiger partial charge in [-0.25, -0.2) is 0 Å². The monoisotopic (exact) mass is 769 g/mol. The summed E-state index contributed by atoms with van der Waals surface area (Å²) in [6.07, 6.45) is 9.80. The molecule has 2 aliphatic heterocycles. The van der Waals surface area contributed by atoms with E-state index in [9.17, 15) is 0 Å². The molecule has 282 valence electrons. The first-order chi connectivity index (χ1) is 29.8. The Morgan fingerprint density at radius 1 is 0.483 bits per heavy atom. The molecular weight excluding hydrogens is 733 g/mol. The number of ether oxygens (including phenoxy) is 2. The van der Waals surface area contributed by atoms with Crippen molar-refractivity contribution in [2.45, 2.75) is 12.5 Å². The average Bonchev–Trinajstić information content (AvgIpc) is 3.83. The lowest BCUT2D eigenvalue weighted by Gasteiger charge is -2.33. The predicted molar refractivity (Wildman–Crippen MR) is 248 cm³/mol. The summed E-state index contributed by atoms with van der Waals surface area (Å²) in [6.45, 7) is -0.0922. The third-order valence-electron chi connectivity index (χ3n) is 12.7. The van der Waals surface area contributed by atoms with Crippen LogP contribution >= 0.6 is 0 Å². The predicted octanol–water partition coefficient (Wildman–Crippen LogP) is 11.6. The summed E-state index contributed by atoms with van der Waals surface area (Å²) in [5.41, 5.74) is 12.4. The van der Waals surface area contributed by atoms with Crippen molar-refractivity contribution in [3.63, 3.8) is 0 Å². The molecule has 60 heavy (non-hydrogen) atoms. The van der Waals surface area contributed by atoms with E-state index in [-0.39, 0.29) is 12.8 Å². The van der Waals surface area contributed by atoms with E-state index in [1.54, 1.807) is 0 Å². The van der Waals surface area contributed by atoms with Gasteiger partial charge in [-0.2, -0.15) is 0 Å². The minimum Gasteiger partial charge on any atom is -0.458 e. The Kier molecular flexibility index (Phi) is 7.16. The molecule has 4 heterocycles. The zero-order valence-electron chi connectivity index (χ0n) is 32.6. The molecule has 5 nitrogen and oxygen atoms in total. The molecule has 1 atom stereocenters. The van der Waals surface area contributed by atoms with E-state index in [2.05, 4.69) is 214 Å². The van der Waals surface area contributed by atoms with Gasteiger partial charge in [0.15, 0.2) is 0 Å². The van der Waals surface area contributed by atoms with Gasteiger partial charge in [0.2, 0.25) is 0 Å². The number of nitrogens with zero attached hydrogens (tertiary/aromatic N) is 3. The van der Waals surface area contributed by atoms with Gasteiger partial charge in [0.1, 0.15) is 23.0 Å². The molecule has 0 radical (unpaired) electrons. The van der Waals surface area contributed by atoms with E-state index >= 15 is 0 Å². The lowest BCUT2D eigenvalue weighted by atomic mass is 9.34. The van der Waals surface area contributed by atoms with Crippen LogP contribution in [0.15, 0.2) is 200 Å². The van der Waals surface area contributed by atoms with Crippen molar-refractivity contribution >= 4 is 78.1 Å². The number of anilines is 2. The van der Waals surface area contributed by atoms with Crippen LogP contribution in [0.2, 0.25) is 0 Å². The fourth-order valence-corrected chi connectivity index (χ4v) is 10.2. The summed E-state index contributed by atoms with van der Waals surface area (Å²) in [5.74, 6) is 3.47. The maximum atomic E-state index is 7.15. The summed E-state index contributed by atoms with van der Waals surface area (Å²) in [7, 11) is 0. The second-order valence-corrected chi connectivity index (χ2v) is 15.9. The highest BCUT2D eigenvalue weighted by molar-refractivity contribution is 6.98. The van der Waals surface area contributed by atoms with E-state index in [4.69, 9.17) is 9.47 Å². The molecular formula is C54H36BN3O2. The van der Waals surface area contributed by atoms with E-state index < -0.39 is 0 Å². The maximum absolute atomic E-state index is 7.15. The van der Waals surface area contributed by atoms with Gasteiger partial charge in [-0.1, -0.05) is 115 Å². The van der Waals surface area contributed by atoms with Crippen LogP contribution in [-0.4, -0.2) is 21.9 Å².